The maximum absolute atomic E-state index is 10.3. The number of halogens is 2. The first-order valence-corrected chi connectivity index (χ1v) is 4.44. The standard InChI is InChI=1S/C5H2BrIN2O2/c6-3-1-4(7)5(8-2-3)9(10)11/h1-2H. The van der Waals surface area contributed by atoms with Gasteiger partial charge in [-0.2, -0.15) is 0 Å². The molecule has 0 radical (unpaired) electrons. The van der Waals surface area contributed by atoms with E-state index in [2.05, 4.69) is 20.9 Å². The lowest BCUT2D eigenvalue weighted by atomic mass is 10.5. The van der Waals surface area contributed by atoms with Crippen molar-refractivity contribution in [2.75, 3.05) is 0 Å². The highest BCUT2D eigenvalue weighted by Gasteiger charge is 2.12. The molecule has 4 nitrogen and oxygen atoms in total. The molecule has 58 valence electrons. The largest absolute Gasteiger partial charge is 0.376 e. The Morgan fingerprint density at radius 3 is 2.82 bits per heavy atom. The highest BCUT2D eigenvalue weighted by atomic mass is 127. The molecule has 1 aromatic rings. The molecule has 0 aliphatic rings. The van der Waals surface area contributed by atoms with Crippen molar-refractivity contribution in [3.05, 3.63) is 30.4 Å². The quantitative estimate of drug-likeness (QED) is 0.452. The lowest BCUT2D eigenvalue weighted by Gasteiger charge is -1.93. The first kappa shape index (κ1) is 8.85. The molecule has 0 aromatic carbocycles. The summed E-state index contributed by atoms with van der Waals surface area (Å²) in [5, 5.41) is 10.3. The zero-order valence-corrected chi connectivity index (χ0v) is 8.87. The minimum atomic E-state index is -0.506. The van der Waals surface area contributed by atoms with Crippen molar-refractivity contribution in [3.63, 3.8) is 0 Å². The fourth-order valence-electron chi connectivity index (χ4n) is 0.542. The first-order chi connectivity index (χ1) is 5.11. The fourth-order valence-corrected chi connectivity index (χ4v) is 1.97. The van der Waals surface area contributed by atoms with Crippen LogP contribution in [-0.2, 0) is 0 Å². The van der Waals surface area contributed by atoms with Gasteiger partial charge in [-0.25, -0.2) is 0 Å². The predicted molar refractivity (Wildman–Crippen MR) is 51.3 cm³/mol. The molecule has 0 atom stereocenters. The number of pyridine rings is 1. The van der Waals surface area contributed by atoms with E-state index in [1.165, 1.54) is 6.20 Å². The van der Waals surface area contributed by atoms with Gasteiger partial charge in [-0.3, -0.25) is 0 Å². The minimum absolute atomic E-state index is 0.103. The van der Waals surface area contributed by atoms with Crippen LogP contribution in [0.4, 0.5) is 5.82 Å². The second kappa shape index (κ2) is 3.44. The molecule has 0 amide bonds. The fraction of sp³-hybridized carbons (Fsp3) is 0. The van der Waals surface area contributed by atoms with E-state index in [4.69, 9.17) is 0 Å². The maximum Gasteiger partial charge on any atom is 0.376 e. The van der Waals surface area contributed by atoms with Gasteiger partial charge < -0.3 is 10.1 Å². The summed E-state index contributed by atoms with van der Waals surface area (Å²) in [4.78, 5) is 13.4. The van der Waals surface area contributed by atoms with Gasteiger partial charge in [0.05, 0.1) is 4.47 Å². The smallest absolute Gasteiger partial charge is 0.358 e. The third-order valence-electron chi connectivity index (χ3n) is 0.961. The van der Waals surface area contributed by atoms with Crippen LogP contribution in [0.1, 0.15) is 0 Å². The van der Waals surface area contributed by atoms with Gasteiger partial charge in [-0.15, -0.1) is 0 Å². The molecule has 11 heavy (non-hydrogen) atoms. The van der Waals surface area contributed by atoms with E-state index in [-0.39, 0.29) is 5.82 Å². The van der Waals surface area contributed by atoms with Crippen molar-refractivity contribution in [2.24, 2.45) is 0 Å². The van der Waals surface area contributed by atoms with Crippen LogP contribution in [0.15, 0.2) is 16.7 Å². The Bertz CT molecular complexity index is 305. The van der Waals surface area contributed by atoms with Crippen molar-refractivity contribution in [1.82, 2.24) is 4.98 Å². The summed E-state index contributed by atoms with van der Waals surface area (Å²) in [6, 6.07) is 1.64. The van der Waals surface area contributed by atoms with Crippen molar-refractivity contribution in [3.8, 4) is 0 Å². The highest BCUT2D eigenvalue weighted by Crippen LogP contribution is 2.20. The number of nitrogens with zero attached hydrogens (tertiary/aromatic N) is 2. The molecular formula is C5H2BrIN2O2. The molecule has 0 aliphatic carbocycles. The second-order valence-electron chi connectivity index (χ2n) is 1.72. The Hall–Kier alpha value is -0.240. The molecule has 0 saturated heterocycles. The first-order valence-electron chi connectivity index (χ1n) is 2.56. The van der Waals surface area contributed by atoms with Crippen LogP contribution >= 0.6 is 38.5 Å². The summed E-state index contributed by atoms with van der Waals surface area (Å²) in [7, 11) is 0. The summed E-state index contributed by atoms with van der Waals surface area (Å²) < 4.78 is 1.27. The maximum atomic E-state index is 10.3. The van der Waals surface area contributed by atoms with E-state index in [1.54, 1.807) is 6.07 Å². The van der Waals surface area contributed by atoms with Crippen LogP contribution in [0.25, 0.3) is 0 Å². The van der Waals surface area contributed by atoms with Gasteiger partial charge in [0.2, 0.25) is 0 Å². The van der Waals surface area contributed by atoms with Gasteiger partial charge >= 0.3 is 5.82 Å². The topological polar surface area (TPSA) is 56.0 Å². The van der Waals surface area contributed by atoms with Crippen molar-refractivity contribution in [2.45, 2.75) is 0 Å². The van der Waals surface area contributed by atoms with Gasteiger partial charge in [0.1, 0.15) is 3.57 Å². The lowest BCUT2D eigenvalue weighted by molar-refractivity contribution is -0.390. The van der Waals surface area contributed by atoms with Crippen LogP contribution in [-0.4, -0.2) is 9.91 Å². The Kier molecular flexibility index (Phi) is 2.77. The van der Waals surface area contributed by atoms with Gasteiger partial charge in [-0.05, 0) is 54.5 Å². The molecule has 0 spiro atoms. The van der Waals surface area contributed by atoms with E-state index in [0.29, 0.717) is 3.57 Å². The average molecular weight is 329 g/mol. The SMILES string of the molecule is O=[N+]([O-])c1ncc(Br)cc1I. The van der Waals surface area contributed by atoms with Gasteiger partial charge in [0.25, 0.3) is 0 Å². The van der Waals surface area contributed by atoms with E-state index >= 15 is 0 Å². The van der Waals surface area contributed by atoms with Gasteiger partial charge in [0, 0.05) is 0 Å². The zero-order chi connectivity index (χ0) is 8.43. The van der Waals surface area contributed by atoms with Crippen LogP contribution < -0.4 is 0 Å². The molecule has 1 aromatic heterocycles. The monoisotopic (exact) mass is 328 g/mol. The number of rotatable bonds is 1. The van der Waals surface area contributed by atoms with E-state index < -0.39 is 4.92 Å². The van der Waals surface area contributed by atoms with Crippen LogP contribution in [0.3, 0.4) is 0 Å². The lowest BCUT2D eigenvalue weighted by Crippen LogP contribution is -1.94. The molecular weight excluding hydrogens is 327 g/mol. The summed E-state index contributed by atoms with van der Waals surface area (Å²) in [5.41, 5.74) is 0. The normalized spacial score (nSPS) is 9.64. The van der Waals surface area contributed by atoms with Crippen LogP contribution in [0.5, 0.6) is 0 Å². The molecule has 6 heteroatoms. The molecule has 0 unspecified atom stereocenters. The van der Waals surface area contributed by atoms with Crippen molar-refractivity contribution < 1.29 is 4.92 Å². The van der Waals surface area contributed by atoms with E-state index in [9.17, 15) is 10.1 Å². The number of hydrogen-bond donors (Lipinski definition) is 0. The van der Waals surface area contributed by atoms with E-state index in [1.807, 2.05) is 22.6 Å². The Morgan fingerprint density at radius 2 is 2.36 bits per heavy atom. The molecule has 0 saturated carbocycles. The molecule has 0 bridgehead atoms. The Labute approximate surface area is 84.4 Å². The van der Waals surface area contributed by atoms with E-state index in [0.717, 1.165) is 4.47 Å². The Morgan fingerprint density at radius 1 is 1.73 bits per heavy atom. The summed E-state index contributed by atoms with van der Waals surface area (Å²) in [5.74, 6) is -0.103. The van der Waals surface area contributed by atoms with Crippen molar-refractivity contribution >= 4 is 44.3 Å². The number of hydrogen-bond acceptors (Lipinski definition) is 3. The molecule has 1 heterocycles. The highest BCUT2D eigenvalue weighted by molar-refractivity contribution is 14.1. The predicted octanol–water partition coefficient (Wildman–Crippen LogP) is 2.36. The average Bonchev–Trinajstić information content (AvgIpc) is 1.85. The Balaban J connectivity index is 3.20. The summed E-state index contributed by atoms with van der Waals surface area (Å²) in [6.45, 7) is 0. The summed E-state index contributed by atoms with van der Waals surface area (Å²) >= 11 is 5.02. The third-order valence-corrected chi connectivity index (χ3v) is 2.19. The number of nitro groups is 1. The second-order valence-corrected chi connectivity index (χ2v) is 3.79. The number of aromatic nitrogens is 1. The van der Waals surface area contributed by atoms with Gasteiger partial charge in [0.15, 0.2) is 6.20 Å². The third kappa shape index (κ3) is 2.09. The minimum Gasteiger partial charge on any atom is -0.358 e. The van der Waals surface area contributed by atoms with Crippen LogP contribution in [0.2, 0.25) is 0 Å². The summed E-state index contributed by atoms with van der Waals surface area (Å²) in [6.07, 6.45) is 1.40. The van der Waals surface area contributed by atoms with Crippen LogP contribution in [0, 0.1) is 13.7 Å². The molecule has 0 N–H and O–H groups in total. The molecule has 0 aliphatic heterocycles. The van der Waals surface area contributed by atoms with Crippen molar-refractivity contribution in [1.29, 1.82) is 0 Å². The molecule has 1 rings (SSSR count). The van der Waals surface area contributed by atoms with Gasteiger partial charge in [-0.1, -0.05) is 0 Å². The molecule has 0 fully saturated rings. The zero-order valence-electron chi connectivity index (χ0n) is 5.12.